The molecule has 0 atom stereocenters. The van der Waals surface area contributed by atoms with Gasteiger partial charge in [-0.25, -0.2) is 4.98 Å². The van der Waals surface area contributed by atoms with Crippen molar-refractivity contribution in [2.75, 3.05) is 7.11 Å². The number of rotatable bonds is 6. The molecule has 0 fully saturated rings. The van der Waals surface area contributed by atoms with Gasteiger partial charge < -0.3 is 14.8 Å². The van der Waals surface area contributed by atoms with Gasteiger partial charge >= 0.3 is 0 Å². The average Bonchev–Trinajstić information content (AvgIpc) is 2.48. The number of nitrogens with one attached hydrogen (secondary N) is 1. The van der Waals surface area contributed by atoms with E-state index in [2.05, 4.69) is 40.1 Å². The number of ether oxygens (including phenoxy) is 2. The lowest BCUT2D eigenvalue weighted by Gasteiger charge is -2.13. The van der Waals surface area contributed by atoms with Gasteiger partial charge in [0.05, 0.1) is 7.11 Å². The zero-order valence-electron chi connectivity index (χ0n) is 12.4. The van der Waals surface area contributed by atoms with E-state index in [0.717, 1.165) is 21.5 Å². The minimum absolute atomic E-state index is 0.401. The van der Waals surface area contributed by atoms with Crippen LogP contribution in [0.4, 0.5) is 0 Å². The van der Waals surface area contributed by atoms with Crippen molar-refractivity contribution in [3.05, 3.63) is 46.6 Å². The molecule has 0 unspecified atom stereocenters. The van der Waals surface area contributed by atoms with Crippen LogP contribution in [0.2, 0.25) is 0 Å². The fraction of sp³-hybridized carbons (Fsp3) is 0.312. The highest BCUT2D eigenvalue weighted by Gasteiger charge is 2.08. The summed E-state index contributed by atoms with van der Waals surface area (Å²) in [5.41, 5.74) is 1.01. The molecule has 1 N–H and O–H groups in total. The van der Waals surface area contributed by atoms with E-state index >= 15 is 0 Å². The van der Waals surface area contributed by atoms with E-state index in [-0.39, 0.29) is 0 Å². The van der Waals surface area contributed by atoms with Crippen molar-refractivity contribution in [2.45, 2.75) is 26.4 Å². The number of nitrogens with zero attached hydrogens (tertiary/aromatic N) is 1. The summed E-state index contributed by atoms with van der Waals surface area (Å²) in [4.78, 5) is 4.35. The molecule has 0 aliphatic heterocycles. The molecule has 2 rings (SSSR count). The molecule has 112 valence electrons. The van der Waals surface area contributed by atoms with E-state index in [1.807, 2.05) is 30.3 Å². The van der Waals surface area contributed by atoms with E-state index in [1.54, 1.807) is 13.3 Å². The zero-order valence-corrected chi connectivity index (χ0v) is 14.0. The highest BCUT2D eigenvalue weighted by atomic mass is 79.9. The predicted octanol–water partition coefficient (Wildman–Crippen LogP) is 4.14. The van der Waals surface area contributed by atoms with Crippen molar-refractivity contribution in [2.24, 2.45) is 0 Å². The standard InChI is InChI=1S/C16H19BrN2O2/c1-11(2)18-9-12-8-13(17)10-19-16(12)21-15-6-4-14(20-3)5-7-15/h4-8,10-11,18H,9H2,1-3H3. The third kappa shape index (κ3) is 4.72. The Morgan fingerprint density at radius 2 is 1.86 bits per heavy atom. The molecule has 0 aliphatic rings. The third-order valence-corrected chi connectivity index (χ3v) is 3.30. The van der Waals surface area contributed by atoms with Crippen LogP contribution in [0.3, 0.4) is 0 Å². The lowest BCUT2D eigenvalue weighted by atomic mass is 10.2. The second kappa shape index (κ2) is 7.43. The first-order valence-corrected chi connectivity index (χ1v) is 7.57. The largest absolute Gasteiger partial charge is 0.497 e. The molecule has 1 aromatic heterocycles. The molecule has 0 amide bonds. The van der Waals surface area contributed by atoms with Crippen molar-refractivity contribution < 1.29 is 9.47 Å². The van der Waals surface area contributed by atoms with Crippen LogP contribution in [-0.4, -0.2) is 18.1 Å². The highest BCUT2D eigenvalue weighted by Crippen LogP contribution is 2.26. The van der Waals surface area contributed by atoms with Gasteiger partial charge in [0.15, 0.2) is 0 Å². The Hall–Kier alpha value is -1.59. The van der Waals surface area contributed by atoms with Gasteiger partial charge in [-0.05, 0) is 46.3 Å². The lowest BCUT2D eigenvalue weighted by Crippen LogP contribution is -2.22. The lowest BCUT2D eigenvalue weighted by molar-refractivity contribution is 0.411. The monoisotopic (exact) mass is 350 g/mol. The Bertz CT molecular complexity index is 585. The maximum absolute atomic E-state index is 5.87. The van der Waals surface area contributed by atoms with Crippen LogP contribution in [0.1, 0.15) is 19.4 Å². The first kappa shape index (κ1) is 15.8. The Morgan fingerprint density at radius 3 is 2.48 bits per heavy atom. The maximum atomic E-state index is 5.87. The quantitative estimate of drug-likeness (QED) is 0.849. The molecule has 0 saturated carbocycles. The van der Waals surface area contributed by atoms with Crippen molar-refractivity contribution in [3.8, 4) is 17.4 Å². The maximum Gasteiger partial charge on any atom is 0.223 e. The van der Waals surface area contributed by atoms with Gasteiger partial charge in [0.25, 0.3) is 0 Å². The number of hydrogen-bond acceptors (Lipinski definition) is 4. The summed E-state index contributed by atoms with van der Waals surface area (Å²) in [6.07, 6.45) is 1.73. The Balaban J connectivity index is 2.17. The van der Waals surface area contributed by atoms with Gasteiger partial charge in [-0.1, -0.05) is 13.8 Å². The second-order valence-electron chi connectivity index (χ2n) is 4.93. The fourth-order valence-corrected chi connectivity index (χ4v) is 2.14. The molecule has 2 aromatic rings. The van der Waals surface area contributed by atoms with Crippen molar-refractivity contribution in [3.63, 3.8) is 0 Å². The van der Waals surface area contributed by atoms with Crippen LogP contribution in [0.5, 0.6) is 17.4 Å². The van der Waals surface area contributed by atoms with E-state index in [9.17, 15) is 0 Å². The van der Waals surface area contributed by atoms with Crippen LogP contribution >= 0.6 is 15.9 Å². The summed E-state index contributed by atoms with van der Waals surface area (Å²) in [6, 6.07) is 9.87. The third-order valence-electron chi connectivity index (χ3n) is 2.87. The van der Waals surface area contributed by atoms with Crippen LogP contribution < -0.4 is 14.8 Å². The minimum atomic E-state index is 0.401. The first-order valence-electron chi connectivity index (χ1n) is 6.78. The van der Waals surface area contributed by atoms with Crippen molar-refractivity contribution >= 4 is 15.9 Å². The number of methoxy groups -OCH3 is 1. The van der Waals surface area contributed by atoms with E-state index in [0.29, 0.717) is 18.5 Å². The summed E-state index contributed by atoms with van der Waals surface area (Å²) >= 11 is 3.45. The van der Waals surface area contributed by atoms with Gasteiger partial charge in [-0.2, -0.15) is 0 Å². The Labute approximate surface area is 133 Å². The predicted molar refractivity (Wildman–Crippen MR) is 87.0 cm³/mol. The van der Waals surface area contributed by atoms with Gasteiger partial charge in [0.2, 0.25) is 5.88 Å². The Kier molecular flexibility index (Phi) is 5.59. The number of pyridine rings is 1. The summed E-state index contributed by atoms with van der Waals surface area (Å²) in [6.45, 7) is 4.92. The fourth-order valence-electron chi connectivity index (χ4n) is 1.76. The second-order valence-corrected chi connectivity index (χ2v) is 5.85. The minimum Gasteiger partial charge on any atom is -0.497 e. The Morgan fingerprint density at radius 1 is 1.19 bits per heavy atom. The smallest absolute Gasteiger partial charge is 0.223 e. The molecular formula is C16H19BrN2O2. The molecule has 0 radical (unpaired) electrons. The summed E-state index contributed by atoms with van der Waals surface area (Å²) in [7, 11) is 1.64. The molecule has 0 saturated heterocycles. The van der Waals surface area contributed by atoms with Gasteiger partial charge in [0, 0.05) is 28.8 Å². The molecule has 21 heavy (non-hydrogen) atoms. The van der Waals surface area contributed by atoms with Crippen molar-refractivity contribution in [1.82, 2.24) is 10.3 Å². The summed E-state index contributed by atoms with van der Waals surface area (Å²) < 4.78 is 11.9. The molecule has 1 aromatic carbocycles. The number of benzene rings is 1. The molecule has 0 spiro atoms. The van der Waals surface area contributed by atoms with E-state index in [4.69, 9.17) is 9.47 Å². The average molecular weight is 351 g/mol. The van der Waals surface area contributed by atoms with E-state index < -0.39 is 0 Å². The van der Waals surface area contributed by atoms with Crippen molar-refractivity contribution in [1.29, 1.82) is 0 Å². The summed E-state index contributed by atoms with van der Waals surface area (Å²) in [5, 5.41) is 3.37. The topological polar surface area (TPSA) is 43.4 Å². The number of hydrogen-bond donors (Lipinski definition) is 1. The SMILES string of the molecule is COc1ccc(Oc2ncc(Br)cc2CNC(C)C)cc1. The molecule has 1 heterocycles. The molecule has 0 bridgehead atoms. The van der Waals surface area contributed by atoms with Gasteiger partial charge in [-0.3, -0.25) is 0 Å². The number of halogens is 1. The molecule has 5 heteroatoms. The van der Waals surface area contributed by atoms with Gasteiger partial charge in [0.1, 0.15) is 11.5 Å². The van der Waals surface area contributed by atoms with Crippen LogP contribution in [-0.2, 0) is 6.54 Å². The van der Waals surface area contributed by atoms with Gasteiger partial charge in [-0.15, -0.1) is 0 Å². The first-order chi connectivity index (χ1) is 10.1. The van der Waals surface area contributed by atoms with Crippen LogP contribution in [0.25, 0.3) is 0 Å². The zero-order chi connectivity index (χ0) is 15.2. The van der Waals surface area contributed by atoms with Crippen LogP contribution in [0.15, 0.2) is 41.0 Å². The van der Waals surface area contributed by atoms with E-state index in [1.165, 1.54) is 0 Å². The highest BCUT2D eigenvalue weighted by molar-refractivity contribution is 9.10. The normalized spacial score (nSPS) is 10.7. The number of aromatic nitrogens is 1. The molecule has 4 nitrogen and oxygen atoms in total. The molecular weight excluding hydrogens is 332 g/mol. The molecule has 0 aliphatic carbocycles. The van der Waals surface area contributed by atoms with Crippen LogP contribution in [0, 0.1) is 0 Å². The summed E-state index contributed by atoms with van der Waals surface area (Å²) in [5.74, 6) is 2.14.